The Hall–Kier alpha value is -3.41. The van der Waals surface area contributed by atoms with E-state index < -0.39 is 0 Å². The fraction of sp³-hybridized carbons (Fsp3) is 0.227. The molecule has 6 nitrogen and oxygen atoms in total. The standard InChI is InChI=1S/C22H22N4O2/c27-21(17-5-4-6-19(15-17)24-22(28)16-9-10-16)23-13-11-18-12-14-26(25-18)20-7-2-1-3-8-20/h1-8,12,14-16H,9-11,13H2,(H,23,27)(H,24,28). The summed E-state index contributed by atoms with van der Waals surface area (Å²) < 4.78 is 1.82. The number of anilines is 1. The maximum Gasteiger partial charge on any atom is 0.251 e. The average Bonchev–Trinajstić information content (AvgIpc) is 3.48. The minimum absolute atomic E-state index is 0.0339. The summed E-state index contributed by atoms with van der Waals surface area (Å²) in [4.78, 5) is 24.3. The van der Waals surface area contributed by atoms with Gasteiger partial charge in [-0.1, -0.05) is 24.3 Å². The van der Waals surface area contributed by atoms with Crippen LogP contribution in [0.5, 0.6) is 0 Å². The molecule has 0 unspecified atom stereocenters. The molecule has 0 radical (unpaired) electrons. The van der Waals surface area contributed by atoms with Gasteiger partial charge < -0.3 is 10.6 Å². The van der Waals surface area contributed by atoms with Gasteiger partial charge in [-0.2, -0.15) is 5.10 Å². The lowest BCUT2D eigenvalue weighted by Gasteiger charge is -2.08. The first-order valence-electron chi connectivity index (χ1n) is 9.48. The zero-order chi connectivity index (χ0) is 19.3. The Morgan fingerprint density at radius 2 is 1.86 bits per heavy atom. The number of nitrogens with one attached hydrogen (secondary N) is 2. The molecule has 0 spiro atoms. The molecule has 1 fully saturated rings. The summed E-state index contributed by atoms with van der Waals surface area (Å²) in [5, 5.41) is 10.3. The highest BCUT2D eigenvalue weighted by molar-refractivity contribution is 5.98. The number of carbonyl (C=O) groups excluding carboxylic acids is 2. The lowest BCUT2D eigenvalue weighted by Crippen LogP contribution is -2.26. The Bertz CT molecular complexity index is 977. The largest absolute Gasteiger partial charge is 0.352 e. The molecular weight excluding hydrogens is 352 g/mol. The van der Waals surface area contributed by atoms with E-state index in [0.717, 1.165) is 24.2 Å². The molecule has 28 heavy (non-hydrogen) atoms. The summed E-state index contributed by atoms with van der Waals surface area (Å²) in [5.41, 5.74) is 3.10. The molecule has 1 aliphatic carbocycles. The molecule has 1 saturated carbocycles. The number of nitrogens with zero attached hydrogens (tertiary/aromatic N) is 2. The van der Waals surface area contributed by atoms with Crippen molar-refractivity contribution in [3.8, 4) is 5.69 Å². The van der Waals surface area contributed by atoms with Crippen molar-refractivity contribution in [1.82, 2.24) is 15.1 Å². The van der Waals surface area contributed by atoms with Crippen LogP contribution in [-0.2, 0) is 11.2 Å². The maximum atomic E-state index is 12.4. The first-order chi connectivity index (χ1) is 13.7. The molecule has 2 amide bonds. The average molecular weight is 374 g/mol. The Kier molecular flexibility index (Phi) is 5.19. The molecule has 1 aromatic heterocycles. The van der Waals surface area contributed by atoms with Crippen LogP contribution in [0.15, 0.2) is 66.9 Å². The molecule has 142 valence electrons. The van der Waals surface area contributed by atoms with Crippen molar-refractivity contribution in [2.45, 2.75) is 19.3 Å². The molecule has 0 atom stereocenters. The van der Waals surface area contributed by atoms with Crippen LogP contribution in [0.3, 0.4) is 0 Å². The van der Waals surface area contributed by atoms with E-state index in [1.165, 1.54) is 0 Å². The van der Waals surface area contributed by atoms with Crippen molar-refractivity contribution >= 4 is 17.5 Å². The predicted molar refractivity (Wildman–Crippen MR) is 107 cm³/mol. The summed E-state index contributed by atoms with van der Waals surface area (Å²) in [6, 6.07) is 18.9. The van der Waals surface area contributed by atoms with Gasteiger partial charge >= 0.3 is 0 Å². The van der Waals surface area contributed by atoms with Crippen LogP contribution in [-0.4, -0.2) is 28.1 Å². The monoisotopic (exact) mass is 374 g/mol. The highest BCUT2D eigenvalue weighted by Gasteiger charge is 2.29. The Morgan fingerprint density at radius 3 is 2.64 bits per heavy atom. The quantitative estimate of drug-likeness (QED) is 0.667. The van der Waals surface area contributed by atoms with Gasteiger partial charge in [0.1, 0.15) is 0 Å². The normalized spacial score (nSPS) is 13.1. The summed E-state index contributed by atoms with van der Waals surface area (Å²) >= 11 is 0. The van der Waals surface area contributed by atoms with E-state index in [-0.39, 0.29) is 17.7 Å². The number of amides is 2. The third-order valence-corrected chi connectivity index (χ3v) is 4.67. The van der Waals surface area contributed by atoms with Gasteiger partial charge in [0.05, 0.1) is 11.4 Å². The highest BCUT2D eigenvalue weighted by Crippen LogP contribution is 2.30. The molecule has 1 aliphatic rings. The number of hydrogen-bond acceptors (Lipinski definition) is 3. The molecule has 6 heteroatoms. The van der Waals surface area contributed by atoms with E-state index in [0.29, 0.717) is 24.2 Å². The van der Waals surface area contributed by atoms with Crippen molar-refractivity contribution in [3.63, 3.8) is 0 Å². The van der Waals surface area contributed by atoms with Crippen molar-refractivity contribution in [1.29, 1.82) is 0 Å². The molecule has 3 aromatic rings. The first-order valence-corrected chi connectivity index (χ1v) is 9.48. The van der Waals surface area contributed by atoms with Gasteiger partial charge in [-0.05, 0) is 49.2 Å². The van der Waals surface area contributed by atoms with E-state index in [4.69, 9.17) is 0 Å². The SMILES string of the molecule is O=C(NCCc1ccn(-c2ccccc2)n1)c1cccc(NC(=O)C2CC2)c1. The number of hydrogen-bond donors (Lipinski definition) is 2. The van der Waals surface area contributed by atoms with Crippen LogP contribution in [0.1, 0.15) is 28.9 Å². The second kappa shape index (κ2) is 8.08. The third-order valence-electron chi connectivity index (χ3n) is 4.67. The maximum absolute atomic E-state index is 12.4. The zero-order valence-electron chi connectivity index (χ0n) is 15.5. The van der Waals surface area contributed by atoms with Gasteiger partial charge in [0, 0.05) is 36.3 Å². The van der Waals surface area contributed by atoms with Crippen LogP contribution in [0.25, 0.3) is 5.69 Å². The van der Waals surface area contributed by atoms with E-state index in [1.807, 2.05) is 47.3 Å². The lowest BCUT2D eigenvalue weighted by atomic mass is 10.2. The Balaban J connectivity index is 1.30. The molecule has 2 N–H and O–H groups in total. The molecule has 0 aliphatic heterocycles. The van der Waals surface area contributed by atoms with Gasteiger partial charge in [-0.15, -0.1) is 0 Å². The van der Waals surface area contributed by atoms with Crippen LogP contribution in [0, 0.1) is 5.92 Å². The third kappa shape index (κ3) is 4.46. The summed E-state index contributed by atoms with van der Waals surface area (Å²) in [5.74, 6) is 0.00440. The predicted octanol–water partition coefficient (Wildman–Crippen LogP) is 3.19. The van der Waals surface area contributed by atoms with Gasteiger partial charge in [0.25, 0.3) is 5.91 Å². The smallest absolute Gasteiger partial charge is 0.251 e. The van der Waals surface area contributed by atoms with Crippen LogP contribution in [0.4, 0.5) is 5.69 Å². The van der Waals surface area contributed by atoms with Crippen molar-refractivity contribution in [3.05, 3.63) is 78.1 Å². The van der Waals surface area contributed by atoms with E-state index in [2.05, 4.69) is 15.7 Å². The summed E-state index contributed by atoms with van der Waals surface area (Å²) in [6.45, 7) is 0.489. The van der Waals surface area contributed by atoms with Crippen LogP contribution < -0.4 is 10.6 Å². The first kappa shape index (κ1) is 18.0. The second-order valence-corrected chi connectivity index (χ2v) is 6.94. The fourth-order valence-electron chi connectivity index (χ4n) is 2.95. The molecule has 0 saturated heterocycles. The Morgan fingerprint density at radius 1 is 1.04 bits per heavy atom. The molecular formula is C22H22N4O2. The van der Waals surface area contributed by atoms with Crippen molar-refractivity contribution in [2.75, 3.05) is 11.9 Å². The minimum atomic E-state index is -0.162. The zero-order valence-corrected chi connectivity index (χ0v) is 15.5. The van der Waals surface area contributed by atoms with Gasteiger partial charge in [-0.3, -0.25) is 9.59 Å². The van der Waals surface area contributed by atoms with Crippen LogP contribution in [0.2, 0.25) is 0 Å². The number of aromatic nitrogens is 2. The van der Waals surface area contributed by atoms with Gasteiger partial charge in [-0.25, -0.2) is 4.68 Å². The second-order valence-electron chi connectivity index (χ2n) is 6.94. The molecule has 2 aromatic carbocycles. The number of benzene rings is 2. The van der Waals surface area contributed by atoms with Gasteiger partial charge in [0.15, 0.2) is 0 Å². The van der Waals surface area contributed by atoms with E-state index in [1.54, 1.807) is 24.3 Å². The van der Waals surface area contributed by atoms with E-state index >= 15 is 0 Å². The van der Waals surface area contributed by atoms with Gasteiger partial charge in [0.2, 0.25) is 5.91 Å². The Labute approximate surface area is 163 Å². The summed E-state index contributed by atoms with van der Waals surface area (Å²) in [6.07, 6.45) is 4.46. The number of rotatable bonds is 7. The molecule has 0 bridgehead atoms. The molecule has 1 heterocycles. The fourth-order valence-corrected chi connectivity index (χ4v) is 2.95. The van der Waals surface area contributed by atoms with E-state index in [9.17, 15) is 9.59 Å². The van der Waals surface area contributed by atoms with Crippen molar-refractivity contribution < 1.29 is 9.59 Å². The minimum Gasteiger partial charge on any atom is -0.352 e. The lowest BCUT2D eigenvalue weighted by molar-refractivity contribution is -0.117. The topological polar surface area (TPSA) is 76.0 Å². The number of para-hydroxylation sites is 1. The summed E-state index contributed by atoms with van der Waals surface area (Å²) in [7, 11) is 0. The van der Waals surface area contributed by atoms with Crippen LogP contribution >= 0.6 is 0 Å². The number of carbonyl (C=O) groups is 2. The van der Waals surface area contributed by atoms with Crippen molar-refractivity contribution in [2.24, 2.45) is 5.92 Å². The molecule has 4 rings (SSSR count). The highest BCUT2D eigenvalue weighted by atomic mass is 16.2.